The monoisotopic (exact) mass is 525 g/mol. The molecule has 38 heavy (non-hydrogen) atoms. The van der Waals surface area contributed by atoms with E-state index in [0.717, 1.165) is 11.1 Å². The van der Waals surface area contributed by atoms with Crippen molar-refractivity contribution in [2.45, 2.75) is 97.6 Å². The maximum Gasteiger partial charge on any atom is 0.323 e. The van der Waals surface area contributed by atoms with Crippen LogP contribution in [0.25, 0.3) is 0 Å². The zero-order valence-corrected chi connectivity index (χ0v) is 23.8. The minimum Gasteiger partial charge on any atom is -0.481 e. The molecule has 8 heteroatoms. The van der Waals surface area contributed by atoms with Crippen molar-refractivity contribution in [2.75, 3.05) is 13.7 Å². The highest BCUT2D eigenvalue weighted by atomic mass is 16.5. The molecule has 0 amide bonds. The summed E-state index contributed by atoms with van der Waals surface area (Å²) in [5.74, 6) is 1.21. The van der Waals surface area contributed by atoms with Crippen LogP contribution in [0, 0.1) is 11.3 Å². The Morgan fingerprint density at radius 1 is 1.18 bits per heavy atom. The molecule has 3 heterocycles. The van der Waals surface area contributed by atoms with Gasteiger partial charge in [0.25, 0.3) is 0 Å². The fraction of sp³-hybridized carbons (Fsp3) is 0.633. The molecule has 1 N–H and O–H groups in total. The Hall–Kier alpha value is -2.71. The number of pyridine rings is 2. The molecule has 2 aliphatic rings. The van der Waals surface area contributed by atoms with Crippen LogP contribution in [0.3, 0.4) is 0 Å². The van der Waals surface area contributed by atoms with Crippen LogP contribution in [0.2, 0.25) is 0 Å². The van der Waals surface area contributed by atoms with Crippen LogP contribution in [-0.2, 0) is 20.9 Å². The number of ether oxygens (including phenoxy) is 4. The number of rotatable bonds is 10. The number of methoxy groups -OCH3 is 1. The minimum absolute atomic E-state index is 0.0479. The number of carbonyl (C=O) groups is 1. The van der Waals surface area contributed by atoms with E-state index in [1.54, 1.807) is 13.3 Å². The first kappa shape index (κ1) is 28.3. The van der Waals surface area contributed by atoms with Crippen LogP contribution in [0.15, 0.2) is 30.6 Å². The van der Waals surface area contributed by atoms with E-state index in [1.807, 2.05) is 39.1 Å². The Bertz CT molecular complexity index is 1100. The summed E-state index contributed by atoms with van der Waals surface area (Å²) < 4.78 is 23.9. The van der Waals surface area contributed by atoms with Gasteiger partial charge >= 0.3 is 5.97 Å². The summed E-state index contributed by atoms with van der Waals surface area (Å²) in [6.07, 6.45) is 6.87. The van der Waals surface area contributed by atoms with E-state index in [1.165, 1.54) is 24.8 Å². The topological polar surface area (TPSA) is 91.8 Å². The van der Waals surface area contributed by atoms with Crippen molar-refractivity contribution in [2.24, 2.45) is 11.3 Å². The second kappa shape index (κ2) is 12.0. The molecule has 4 rings (SSSR count). The fourth-order valence-electron chi connectivity index (χ4n) is 5.61. The molecule has 1 saturated heterocycles. The van der Waals surface area contributed by atoms with Gasteiger partial charge in [-0.15, -0.1) is 0 Å². The van der Waals surface area contributed by atoms with Crippen LogP contribution in [0.5, 0.6) is 11.8 Å². The van der Waals surface area contributed by atoms with Crippen LogP contribution in [0.4, 0.5) is 0 Å². The van der Waals surface area contributed by atoms with Gasteiger partial charge in [-0.25, -0.2) is 9.97 Å². The maximum absolute atomic E-state index is 13.2. The standard InChI is InChI=1S/C30H43N3O5/c1-8-36-29(34)25-23(30(4,5)6)26(24(33-25)22-13-10-14-31-28(22)38-18(2)3)37-17-21-15-20(19-11-9-12-19)16-32-27(21)35-7/h10,13-16,18-19,23-26,33H,8-9,11-12,17H2,1-7H3/t23-,24-,25-,26-/m0/s1. The summed E-state index contributed by atoms with van der Waals surface area (Å²) in [5, 5.41) is 3.56. The third-order valence-electron chi connectivity index (χ3n) is 7.57. The van der Waals surface area contributed by atoms with Gasteiger partial charge in [0.15, 0.2) is 0 Å². The molecule has 1 saturated carbocycles. The smallest absolute Gasteiger partial charge is 0.323 e. The molecule has 208 valence electrons. The van der Waals surface area contributed by atoms with Gasteiger partial charge in [-0.3, -0.25) is 10.1 Å². The van der Waals surface area contributed by atoms with Gasteiger partial charge < -0.3 is 18.9 Å². The summed E-state index contributed by atoms with van der Waals surface area (Å²) in [6.45, 7) is 12.8. The van der Waals surface area contributed by atoms with Gasteiger partial charge in [-0.1, -0.05) is 33.3 Å². The van der Waals surface area contributed by atoms with Crippen molar-refractivity contribution in [3.05, 3.63) is 47.3 Å². The molecule has 0 bridgehead atoms. The second-order valence-electron chi connectivity index (χ2n) is 11.7. The zero-order chi connectivity index (χ0) is 27.4. The molecule has 0 unspecified atom stereocenters. The van der Waals surface area contributed by atoms with Crippen molar-refractivity contribution in [3.63, 3.8) is 0 Å². The number of aromatic nitrogens is 2. The van der Waals surface area contributed by atoms with E-state index < -0.39 is 6.04 Å². The normalized spacial score (nSPS) is 23.8. The van der Waals surface area contributed by atoms with Crippen molar-refractivity contribution >= 4 is 5.97 Å². The van der Waals surface area contributed by atoms with Crippen LogP contribution in [0.1, 0.15) is 89.5 Å². The summed E-state index contributed by atoms with van der Waals surface area (Å²) in [6, 6.07) is 5.17. The fourth-order valence-corrected chi connectivity index (χ4v) is 5.61. The Kier molecular flexibility index (Phi) is 8.93. The molecule has 1 aliphatic heterocycles. The Balaban J connectivity index is 1.71. The highest BCUT2D eigenvalue weighted by Crippen LogP contribution is 2.46. The van der Waals surface area contributed by atoms with Gasteiger partial charge in [0.1, 0.15) is 6.04 Å². The molecule has 8 nitrogen and oxygen atoms in total. The lowest BCUT2D eigenvalue weighted by atomic mass is 9.73. The summed E-state index contributed by atoms with van der Waals surface area (Å²) in [4.78, 5) is 22.3. The molecule has 0 aromatic carbocycles. The number of nitrogens with zero attached hydrogens (tertiary/aromatic N) is 2. The molecular weight excluding hydrogens is 482 g/mol. The molecule has 0 spiro atoms. The predicted octanol–water partition coefficient (Wildman–Crippen LogP) is 5.36. The van der Waals surface area contributed by atoms with Crippen LogP contribution >= 0.6 is 0 Å². The second-order valence-corrected chi connectivity index (χ2v) is 11.7. The average Bonchev–Trinajstić information content (AvgIpc) is 3.22. The molecule has 2 fully saturated rings. The SMILES string of the molecule is CCOC(=O)[C@H]1N[C@@H](c2cccnc2OC(C)C)[C@@H](OCc2cc(C3CCC3)cnc2OC)[C@H]1C(C)(C)C. The number of hydrogen-bond acceptors (Lipinski definition) is 8. The van der Waals surface area contributed by atoms with E-state index in [4.69, 9.17) is 18.9 Å². The van der Waals surface area contributed by atoms with Gasteiger partial charge in [0.05, 0.1) is 38.6 Å². The summed E-state index contributed by atoms with van der Waals surface area (Å²) >= 11 is 0. The lowest BCUT2D eigenvalue weighted by molar-refractivity contribution is -0.148. The molecule has 2 aromatic rings. The number of hydrogen-bond donors (Lipinski definition) is 1. The van der Waals surface area contributed by atoms with E-state index in [2.05, 4.69) is 42.1 Å². The number of carbonyl (C=O) groups excluding carboxylic acids is 1. The molecule has 1 aliphatic carbocycles. The molecule has 2 aromatic heterocycles. The molecule has 0 radical (unpaired) electrons. The minimum atomic E-state index is -0.543. The average molecular weight is 526 g/mol. The van der Waals surface area contributed by atoms with Gasteiger partial charge in [0, 0.05) is 29.4 Å². The molecule has 4 atom stereocenters. The predicted molar refractivity (Wildman–Crippen MR) is 145 cm³/mol. The third kappa shape index (κ3) is 6.12. The quantitative estimate of drug-likeness (QED) is 0.414. The van der Waals surface area contributed by atoms with Crippen molar-refractivity contribution in [1.29, 1.82) is 0 Å². The highest BCUT2D eigenvalue weighted by Gasteiger charge is 2.53. The first-order chi connectivity index (χ1) is 18.1. The number of nitrogens with one attached hydrogen (secondary N) is 1. The maximum atomic E-state index is 13.2. The van der Waals surface area contributed by atoms with Crippen LogP contribution in [-0.4, -0.2) is 47.9 Å². The highest BCUT2D eigenvalue weighted by molar-refractivity contribution is 5.77. The van der Waals surface area contributed by atoms with Crippen molar-refractivity contribution in [3.8, 4) is 11.8 Å². The van der Waals surface area contributed by atoms with Crippen LogP contribution < -0.4 is 14.8 Å². The Morgan fingerprint density at radius 3 is 2.55 bits per heavy atom. The van der Waals surface area contributed by atoms with E-state index in [-0.39, 0.29) is 35.6 Å². The van der Waals surface area contributed by atoms with Gasteiger partial charge in [-0.05, 0) is 62.6 Å². The lowest BCUT2D eigenvalue weighted by Gasteiger charge is -2.35. The number of esters is 1. The first-order valence-electron chi connectivity index (χ1n) is 13.8. The Morgan fingerprint density at radius 2 is 1.95 bits per heavy atom. The Labute approximate surface area is 226 Å². The van der Waals surface area contributed by atoms with Crippen molar-refractivity contribution in [1.82, 2.24) is 15.3 Å². The van der Waals surface area contributed by atoms with E-state index in [9.17, 15) is 4.79 Å². The van der Waals surface area contributed by atoms with Gasteiger partial charge in [-0.2, -0.15) is 0 Å². The molecular formula is C30H43N3O5. The zero-order valence-electron chi connectivity index (χ0n) is 23.8. The summed E-state index contributed by atoms with van der Waals surface area (Å²) in [7, 11) is 1.63. The lowest BCUT2D eigenvalue weighted by Crippen LogP contribution is -2.44. The summed E-state index contributed by atoms with van der Waals surface area (Å²) in [5.41, 5.74) is 2.74. The largest absolute Gasteiger partial charge is 0.481 e. The van der Waals surface area contributed by atoms with Gasteiger partial charge in [0.2, 0.25) is 11.8 Å². The van der Waals surface area contributed by atoms with E-state index in [0.29, 0.717) is 30.9 Å². The van der Waals surface area contributed by atoms with Crippen molar-refractivity contribution < 1.29 is 23.7 Å². The third-order valence-corrected chi connectivity index (χ3v) is 7.57. The van der Waals surface area contributed by atoms with E-state index >= 15 is 0 Å². The first-order valence-corrected chi connectivity index (χ1v) is 13.8.